The molecule has 0 saturated carbocycles. The van der Waals surface area contributed by atoms with Crippen LogP contribution in [0.5, 0.6) is 5.75 Å². The number of hydrazone groups is 1. The van der Waals surface area contributed by atoms with Crippen LogP contribution in [0.15, 0.2) is 94.9 Å². The van der Waals surface area contributed by atoms with Crippen LogP contribution in [0.3, 0.4) is 0 Å². The lowest BCUT2D eigenvalue weighted by Crippen LogP contribution is -2.31. The molecule has 41 heavy (non-hydrogen) atoms. The normalized spacial score (nSPS) is 17.7. The Morgan fingerprint density at radius 3 is 2.56 bits per heavy atom. The molecule has 3 amide bonds. The summed E-state index contributed by atoms with van der Waals surface area (Å²) in [5, 5.41) is 10.1. The van der Waals surface area contributed by atoms with E-state index in [0.717, 1.165) is 39.2 Å². The number of carbonyl (C=O) groups is 3. The number of rotatable bonds is 6. The van der Waals surface area contributed by atoms with Crippen molar-refractivity contribution in [1.29, 1.82) is 0 Å². The fourth-order valence-electron chi connectivity index (χ4n) is 4.75. The zero-order chi connectivity index (χ0) is 28.5. The van der Waals surface area contributed by atoms with Crippen molar-refractivity contribution in [3.63, 3.8) is 0 Å². The molecule has 4 aromatic rings. The standard InChI is InChI=1S/C31H21ClFN3O4S/c32-25-4-2-1-3-24(25)27-16-26(19-7-10-22(33)11-8-19)35-36(27)29(37)17-40-23-12-9-20-13-18(5-6-21(20)15-23)14-28-30(38)34-31(39)41-28/h1-15,27H,16-17H2,(H,34,38,39)/b28-14-. The number of nitrogens with one attached hydrogen (secondary N) is 1. The van der Waals surface area contributed by atoms with Crippen LogP contribution in [-0.4, -0.2) is 34.4 Å². The van der Waals surface area contributed by atoms with Crippen molar-refractivity contribution in [2.75, 3.05) is 6.61 Å². The van der Waals surface area contributed by atoms with Gasteiger partial charge in [0.15, 0.2) is 6.61 Å². The molecule has 0 radical (unpaired) electrons. The topological polar surface area (TPSA) is 88.1 Å². The number of benzene rings is 4. The Balaban J connectivity index is 1.20. The Labute approximate surface area is 243 Å². The summed E-state index contributed by atoms with van der Waals surface area (Å²) in [5.74, 6) is -0.602. The summed E-state index contributed by atoms with van der Waals surface area (Å²) in [6.07, 6.45) is 2.09. The number of hydrogen-bond acceptors (Lipinski definition) is 6. The number of hydrogen-bond donors (Lipinski definition) is 1. The van der Waals surface area contributed by atoms with Crippen molar-refractivity contribution in [1.82, 2.24) is 10.3 Å². The number of ether oxygens (including phenoxy) is 1. The molecule has 0 bridgehead atoms. The Hall–Kier alpha value is -4.47. The van der Waals surface area contributed by atoms with Crippen molar-refractivity contribution in [2.45, 2.75) is 12.5 Å². The third-order valence-electron chi connectivity index (χ3n) is 6.75. The predicted octanol–water partition coefficient (Wildman–Crippen LogP) is 6.71. The smallest absolute Gasteiger partial charge is 0.290 e. The molecule has 0 aromatic heterocycles. The van der Waals surface area contributed by atoms with E-state index in [-0.39, 0.29) is 23.6 Å². The minimum Gasteiger partial charge on any atom is -0.484 e. The Morgan fingerprint density at radius 2 is 1.80 bits per heavy atom. The average molecular weight is 586 g/mol. The molecule has 7 nitrogen and oxygen atoms in total. The zero-order valence-corrected chi connectivity index (χ0v) is 22.9. The van der Waals surface area contributed by atoms with Crippen LogP contribution in [0.1, 0.15) is 29.2 Å². The number of carbonyl (C=O) groups excluding carboxylic acids is 3. The second kappa shape index (κ2) is 11.2. The predicted molar refractivity (Wildman–Crippen MR) is 157 cm³/mol. The molecule has 0 aliphatic carbocycles. The van der Waals surface area contributed by atoms with Crippen LogP contribution >= 0.6 is 23.4 Å². The van der Waals surface area contributed by atoms with E-state index in [2.05, 4.69) is 10.4 Å². The highest BCUT2D eigenvalue weighted by Gasteiger charge is 2.34. The monoisotopic (exact) mass is 585 g/mol. The van der Waals surface area contributed by atoms with E-state index in [1.165, 1.54) is 17.1 Å². The summed E-state index contributed by atoms with van der Waals surface area (Å²) in [7, 11) is 0. The van der Waals surface area contributed by atoms with Gasteiger partial charge in [-0.1, -0.05) is 60.1 Å². The second-order valence-corrected chi connectivity index (χ2v) is 10.9. The van der Waals surface area contributed by atoms with Gasteiger partial charge in [-0.25, -0.2) is 9.40 Å². The number of thioether (sulfide) groups is 1. The third kappa shape index (κ3) is 5.73. The van der Waals surface area contributed by atoms with Crippen LogP contribution in [0.2, 0.25) is 5.02 Å². The minimum atomic E-state index is -0.431. The molecule has 1 fully saturated rings. The molecule has 1 saturated heterocycles. The Bertz CT molecular complexity index is 1770. The molecular formula is C31H21ClFN3O4S. The summed E-state index contributed by atoms with van der Waals surface area (Å²) in [5.41, 5.74) is 2.92. The molecule has 1 atom stereocenters. The maximum absolute atomic E-state index is 13.5. The first-order chi connectivity index (χ1) is 19.8. The van der Waals surface area contributed by atoms with Crippen molar-refractivity contribution in [3.8, 4) is 5.75 Å². The lowest BCUT2D eigenvalue weighted by Gasteiger charge is -2.23. The highest BCUT2D eigenvalue weighted by atomic mass is 35.5. The number of halogens is 2. The van der Waals surface area contributed by atoms with Gasteiger partial charge in [-0.05, 0) is 81.7 Å². The molecule has 10 heteroatoms. The average Bonchev–Trinajstić information content (AvgIpc) is 3.55. The van der Waals surface area contributed by atoms with Gasteiger partial charge in [-0.2, -0.15) is 5.10 Å². The summed E-state index contributed by atoms with van der Waals surface area (Å²) in [6, 6.07) is 23.9. The first-order valence-electron chi connectivity index (χ1n) is 12.7. The maximum Gasteiger partial charge on any atom is 0.290 e. The molecule has 2 heterocycles. The zero-order valence-electron chi connectivity index (χ0n) is 21.3. The molecule has 0 spiro atoms. The van der Waals surface area contributed by atoms with E-state index in [4.69, 9.17) is 16.3 Å². The summed E-state index contributed by atoms with van der Waals surface area (Å²) >= 11 is 7.35. The van der Waals surface area contributed by atoms with Gasteiger partial charge < -0.3 is 4.74 Å². The van der Waals surface area contributed by atoms with E-state index in [9.17, 15) is 18.8 Å². The lowest BCUT2D eigenvalue weighted by molar-refractivity contribution is -0.135. The SMILES string of the molecule is O=C1NC(=O)/C(=C/c2ccc3cc(OCC(=O)N4N=C(c5ccc(F)cc5)CC4c4ccccc4Cl)ccc3c2)S1. The molecule has 2 aliphatic rings. The Kier molecular flexibility index (Phi) is 7.30. The van der Waals surface area contributed by atoms with Gasteiger partial charge >= 0.3 is 0 Å². The van der Waals surface area contributed by atoms with Crippen LogP contribution in [0.4, 0.5) is 9.18 Å². The van der Waals surface area contributed by atoms with Crippen LogP contribution in [0.25, 0.3) is 16.8 Å². The van der Waals surface area contributed by atoms with Gasteiger partial charge in [0.2, 0.25) is 0 Å². The Morgan fingerprint density at radius 1 is 1.05 bits per heavy atom. The quantitative estimate of drug-likeness (QED) is 0.254. The van der Waals surface area contributed by atoms with Crippen LogP contribution in [0, 0.1) is 5.82 Å². The summed E-state index contributed by atoms with van der Waals surface area (Å²) in [6.45, 7) is -0.253. The van der Waals surface area contributed by atoms with Gasteiger partial charge in [0.05, 0.1) is 16.7 Å². The van der Waals surface area contributed by atoms with E-state index >= 15 is 0 Å². The maximum atomic E-state index is 13.5. The highest BCUT2D eigenvalue weighted by molar-refractivity contribution is 8.18. The number of amides is 3. The van der Waals surface area contributed by atoms with Crippen molar-refractivity contribution in [2.24, 2.45) is 5.10 Å². The van der Waals surface area contributed by atoms with E-state index in [1.54, 1.807) is 30.3 Å². The van der Waals surface area contributed by atoms with Crippen LogP contribution < -0.4 is 10.1 Å². The largest absolute Gasteiger partial charge is 0.484 e. The first-order valence-corrected chi connectivity index (χ1v) is 13.8. The molecule has 1 unspecified atom stereocenters. The molecule has 4 aromatic carbocycles. The summed E-state index contributed by atoms with van der Waals surface area (Å²) in [4.78, 5) is 37.0. The first kappa shape index (κ1) is 26.7. The second-order valence-electron chi connectivity index (χ2n) is 9.44. The summed E-state index contributed by atoms with van der Waals surface area (Å²) < 4.78 is 19.4. The van der Waals surface area contributed by atoms with Crippen molar-refractivity contribution in [3.05, 3.63) is 117 Å². The number of fused-ring (bicyclic) bond motifs is 1. The van der Waals surface area contributed by atoms with E-state index in [1.807, 2.05) is 48.5 Å². The fraction of sp³-hybridized carbons (Fsp3) is 0.0968. The van der Waals surface area contributed by atoms with E-state index in [0.29, 0.717) is 27.8 Å². The van der Waals surface area contributed by atoms with Gasteiger partial charge in [0.1, 0.15) is 11.6 Å². The van der Waals surface area contributed by atoms with Gasteiger partial charge in [-0.3, -0.25) is 19.7 Å². The highest BCUT2D eigenvalue weighted by Crippen LogP contribution is 2.36. The van der Waals surface area contributed by atoms with Crippen LogP contribution in [-0.2, 0) is 9.59 Å². The van der Waals surface area contributed by atoms with E-state index < -0.39 is 11.9 Å². The fourth-order valence-corrected chi connectivity index (χ4v) is 5.69. The number of nitrogens with zero attached hydrogens (tertiary/aromatic N) is 2. The molecule has 204 valence electrons. The van der Waals surface area contributed by atoms with Gasteiger partial charge in [-0.15, -0.1) is 0 Å². The molecule has 6 rings (SSSR count). The third-order valence-corrected chi connectivity index (χ3v) is 7.90. The van der Waals surface area contributed by atoms with Crippen molar-refractivity contribution < 1.29 is 23.5 Å². The minimum absolute atomic E-state index is 0.253. The van der Waals surface area contributed by atoms with Gasteiger partial charge in [0.25, 0.3) is 17.1 Å². The van der Waals surface area contributed by atoms with Gasteiger partial charge in [0, 0.05) is 11.4 Å². The molecule has 1 N–H and O–H groups in total. The van der Waals surface area contributed by atoms with Crippen molar-refractivity contribution >= 4 is 63.0 Å². The lowest BCUT2D eigenvalue weighted by atomic mass is 9.98. The molecular weight excluding hydrogens is 565 g/mol. The molecule has 2 aliphatic heterocycles. The number of imide groups is 1.